The lowest BCUT2D eigenvalue weighted by molar-refractivity contribution is 0.103. The van der Waals surface area contributed by atoms with E-state index in [1.165, 1.54) is 16.9 Å². The van der Waals surface area contributed by atoms with Gasteiger partial charge in [-0.25, -0.2) is 4.79 Å². The van der Waals surface area contributed by atoms with Crippen molar-refractivity contribution in [3.63, 3.8) is 0 Å². The lowest BCUT2D eigenvalue weighted by Gasteiger charge is -2.32. The molecule has 8 heteroatoms. The molecule has 1 saturated carbocycles. The van der Waals surface area contributed by atoms with E-state index in [2.05, 4.69) is 33.0 Å². The number of fused-ring (bicyclic) bond motifs is 1. The van der Waals surface area contributed by atoms with E-state index in [1.54, 1.807) is 11.0 Å². The number of hydrogen-bond donors (Lipinski definition) is 3. The van der Waals surface area contributed by atoms with Crippen molar-refractivity contribution < 1.29 is 9.59 Å². The second kappa shape index (κ2) is 6.98. The lowest BCUT2D eigenvalue weighted by Crippen LogP contribution is -2.47. The number of urea groups is 1. The molecule has 2 atom stereocenters. The van der Waals surface area contributed by atoms with Gasteiger partial charge in [0.25, 0.3) is 5.91 Å². The molecule has 3 heterocycles. The minimum Gasteiger partial charge on any atom is -0.335 e. The van der Waals surface area contributed by atoms with E-state index >= 15 is 0 Å². The Balaban J connectivity index is 1.28. The van der Waals surface area contributed by atoms with Crippen LogP contribution in [0, 0.1) is 0 Å². The van der Waals surface area contributed by atoms with Crippen molar-refractivity contribution in [1.29, 1.82) is 0 Å². The molecule has 2 aliphatic rings. The molecule has 7 nitrogen and oxygen atoms in total. The molecule has 0 bridgehead atoms. The van der Waals surface area contributed by atoms with E-state index < -0.39 is 5.54 Å². The predicted molar refractivity (Wildman–Crippen MR) is 116 cm³/mol. The summed E-state index contributed by atoms with van der Waals surface area (Å²) in [6.07, 6.45) is 0.957. The molecule has 0 radical (unpaired) electrons. The molecular formula is C22H23N5O2S. The number of anilines is 1. The van der Waals surface area contributed by atoms with Gasteiger partial charge < -0.3 is 15.5 Å². The van der Waals surface area contributed by atoms with Gasteiger partial charge in [-0.15, -0.1) is 11.3 Å². The second-order valence-electron chi connectivity index (χ2n) is 8.31. The maximum absolute atomic E-state index is 13.1. The summed E-state index contributed by atoms with van der Waals surface area (Å²) in [6.45, 7) is 4.37. The quantitative estimate of drug-likeness (QED) is 0.594. The SMILES string of the molecule is CC1(C)c2[nH]nc(NC(=O)c3cccs3)c2CN1C(=O)NC1CC1c1ccccc1. The van der Waals surface area contributed by atoms with Gasteiger partial charge in [0.2, 0.25) is 0 Å². The standard InChI is InChI=1S/C22H23N5O2S/c1-22(2)18-15(19(26-25-18)24-20(28)17-9-6-10-30-17)12-27(22)21(29)23-16-11-14(16)13-7-4-3-5-8-13/h3-10,14,16H,11-12H2,1-2H3,(H,23,29)(H2,24,25,26,28). The van der Waals surface area contributed by atoms with Crippen molar-refractivity contribution in [2.45, 2.75) is 44.3 Å². The number of carbonyl (C=O) groups excluding carboxylic acids is 2. The number of thiophene rings is 1. The number of amides is 3. The molecule has 2 unspecified atom stereocenters. The number of carbonyl (C=O) groups is 2. The van der Waals surface area contributed by atoms with Gasteiger partial charge in [0.15, 0.2) is 5.82 Å². The van der Waals surface area contributed by atoms with Crippen LogP contribution in [0.4, 0.5) is 10.6 Å². The second-order valence-corrected chi connectivity index (χ2v) is 9.26. The van der Waals surface area contributed by atoms with Crippen LogP contribution < -0.4 is 10.6 Å². The Kier molecular flexibility index (Phi) is 4.39. The van der Waals surface area contributed by atoms with Crippen LogP contribution in [0.5, 0.6) is 0 Å². The molecule has 0 spiro atoms. The van der Waals surface area contributed by atoms with Crippen LogP contribution in [0.15, 0.2) is 47.8 Å². The predicted octanol–water partition coefficient (Wildman–Crippen LogP) is 4.04. The van der Waals surface area contributed by atoms with Crippen molar-refractivity contribution in [3.05, 3.63) is 69.5 Å². The van der Waals surface area contributed by atoms with E-state index in [0.29, 0.717) is 23.2 Å². The minimum absolute atomic E-state index is 0.0939. The third kappa shape index (κ3) is 3.17. The first kappa shape index (κ1) is 18.9. The summed E-state index contributed by atoms with van der Waals surface area (Å²) in [5.41, 5.74) is 2.43. The smallest absolute Gasteiger partial charge is 0.318 e. The van der Waals surface area contributed by atoms with E-state index in [4.69, 9.17) is 0 Å². The number of aromatic amines is 1. The van der Waals surface area contributed by atoms with Gasteiger partial charge in [0.05, 0.1) is 22.7 Å². The Morgan fingerprint density at radius 1 is 1.20 bits per heavy atom. The zero-order chi connectivity index (χ0) is 20.9. The van der Waals surface area contributed by atoms with Crippen molar-refractivity contribution in [3.8, 4) is 0 Å². The molecule has 30 heavy (non-hydrogen) atoms. The van der Waals surface area contributed by atoms with Gasteiger partial charge in [-0.1, -0.05) is 36.4 Å². The monoisotopic (exact) mass is 421 g/mol. The Bertz CT molecular complexity index is 1090. The molecule has 3 amide bonds. The first-order chi connectivity index (χ1) is 14.4. The normalized spacial score (nSPS) is 21.2. The zero-order valence-corrected chi connectivity index (χ0v) is 17.6. The fourth-order valence-corrected chi connectivity index (χ4v) is 4.80. The average molecular weight is 422 g/mol. The number of benzene rings is 1. The number of nitrogens with zero attached hydrogens (tertiary/aromatic N) is 2. The van der Waals surface area contributed by atoms with Crippen LogP contribution in [0.2, 0.25) is 0 Å². The summed E-state index contributed by atoms with van der Waals surface area (Å²) in [4.78, 5) is 27.9. The minimum atomic E-state index is -0.546. The van der Waals surface area contributed by atoms with Crippen molar-refractivity contribution >= 4 is 29.1 Å². The summed E-state index contributed by atoms with van der Waals surface area (Å²) in [6, 6.07) is 14.0. The summed E-state index contributed by atoms with van der Waals surface area (Å²) >= 11 is 1.38. The van der Waals surface area contributed by atoms with E-state index in [9.17, 15) is 9.59 Å². The highest BCUT2D eigenvalue weighted by Gasteiger charge is 2.46. The molecule has 1 aliphatic carbocycles. The van der Waals surface area contributed by atoms with Crippen LogP contribution in [-0.4, -0.2) is 33.1 Å². The molecule has 3 N–H and O–H groups in total. The Morgan fingerprint density at radius 3 is 2.73 bits per heavy atom. The third-order valence-electron chi connectivity index (χ3n) is 6.02. The molecule has 0 saturated heterocycles. The zero-order valence-electron chi connectivity index (χ0n) is 16.8. The van der Waals surface area contributed by atoms with Crippen molar-refractivity contribution in [1.82, 2.24) is 20.4 Å². The van der Waals surface area contributed by atoms with Gasteiger partial charge in [0, 0.05) is 17.5 Å². The molecule has 1 fully saturated rings. The summed E-state index contributed by atoms with van der Waals surface area (Å²) in [5, 5.41) is 15.2. The topological polar surface area (TPSA) is 90.1 Å². The number of nitrogens with one attached hydrogen (secondary N) is 3. The fraction of sp³-hybridized carbons (Fsp3) is 0.318. The molecular weight excluding hydrogens is 398 g/mol. The van der Waals surface area contributed by atoms with Gasteiger partial charge in [-0.2, -0.15) is 5.10 Å². The Labute approximate surface area is 178 Å². The largest absolute Gasteiger partial charge is 0.335 e. The third-order valence-corrected chi connectivity index (χ3v) is 6.89. The molecule has 1 aliphatic heterocycles. The molecule has 1 aromatic carbocycles. The average Bonchev–Trinajstić information content (AvgIpc) is 3.09. The van der Waals surface area contributed by atoms with Crippen LogP contribution in [0.3, 0.4) is 0 Å². The summed E-state index contributed by atoms with van der Waals surface area (Å²) in [7, 11) is 0. The fourth-order valence-electron chi connectivity index (χ4n) is 4.18. The van der Waals surface area contributed by atoms with E-state index in [-0.39, 0.29) is 18.0 Å². The number of aromatic nitrogens is 2. The first-order valence-electron chi connectivity index (χ1n) is 10.0. The summed E-state index contributed by atoms with van der Waals surface area (Å²) in [5.74, 6) is 0.671. The maximum atomic E-state index is 13.1. The lowest BCUT2D eigenvalue weighted by atomic mass is 10.0. The Morgan fingerprint density at radius 2 is 2.00 bits per heavy atom. The van der Waals surface area contributed by atoms with Gasteiger partial charge in [-0.3, -0.25) is 9.89 Å². The van der Waals surface area contributed by atoms with Crippen molar-refractivity contribution in [2.24, 2.45) is 0 Å². The van der Waals surface area contributed by atoms with Crippen molar-refractivity contribution in [2.75, 3.05) is 5.32 Å². The van der Waals surface area contributed by atoms with Crippen LogP contribution >= 0.6 is 11.3 Å². The Hall–Kier alpha value is -3.13. The molecule has 5 rings (SSSR count). The van der Waals surface area contributed by atoms with Crippen LogP contribution in [0.1, 0.15) is 52.7 Å². The van der Waals surface area contributed by atoms with Crippen LogP contribution in [-0.2, 0) is 12.1 Å². The van der Waals surface area contributed by atoms with Gasteiger partial charge in [0.1, 0.15) is 0 Å². The number of H-pyrrole nitrogens is 1. The number of rotatable bonds is 4. The summed E-state index contributed by atoms with van der Waals surface area (Å²) < 4.78 is 0. The van der Waals surface area contributed by atoms with Gasteiger partial charge in [-0.05, 0) is 37.3 Å². The molecule has 154 valence electrons. The van der Waals surface area contributed by atoms with E-state index in [1.807, 2.05) is 43.5 Å². The molecule has 2 aromatic heterocycles. The highest BCUT2D eigenvalue weighted by atomic mass is 32.1. The highest BCUT2D eigenvalue weighted by molar-refractivity contribution is 7.12. The maximum Gasteiger partial charge on any atom is 0.318 e. The molecule has 3 aromatic rings. The first-order valence-corrected chi connectivity index (χ1v) is 10.9. The highest BCUT2D eigenvalue weighted by Crippen LogP contribution is 2.43. The number of hydrogen-bond acceptors (Lipinski definition) is 4. The van der Waals surface area contributed by atoms with E-state index in [0.717, 1.165) is 17.7 Å². The van der Waals surface area contributed by atoms with Gasteiger partial charge >= 0.3 is 6.03 Å². The van der Waals surface area contributed by atoms with Crippen LogP contribution in [0.25, 0.3) is 0 Å².